The Morgan fingerprint density at radius 1 is 1.24 bits per heavy atom. The summed E-state index contributed by atoms with van der Waals surface area (Å²) in [6, 6.07) is 9.25. The largest absolute Gasteiger partial charge is 0.419 e. The minimum atomic E-state index is -0.0989. The molecular formula is C20H21N5O3S. The first-order valence-electron chi connectivity index (χ1n) is 9.19. The monoisotopic (exact) mass is 411 g/mol. The van der Waals surface area contributed by atoms with Crippen molar-refractivity contribution >= 4 is 17.0 Å². The molecule has 0 aliphatic carbocycles. The van der Waals surface area contributed by atoms with E-state index in [0.29, 0.717) is 49.4 Å². The van der Waals surface area contributed by atoms with Crippen LogP contribution < -0.4 is 5.56 Å². The first-order valence-corrected chi connectivity index (χ1v) is 10.1. The Balaban J connectivity index is 1.55. The van der Waals surface area contributed by atoms with Gasteiger partial charge in [-0.3, -0.25) is 14.1 Å². The fraction of sp³-hybridized carbons (Fsp3) is 0.300. The van der Waals surface area contributed by atoms with Crippen molar-refractivity contribution in [3.05, 3.63) is 69.4 Å². The molecule has 0 spiro atoms. The lowest BCUT2D eigenvalue weighted by Gasteiger charge is -2.19. The normalized spacial score (nSPS) is 11.6. The van der Waals surface area contributed by atoms with E-state index in [0.717, 1.165) is 10.4 Å². The van der Waals surface area contributed by atoms with Crippen molar-refractivity contribution in [3.63, 3.8) is 0 Å². The van der Waals surface area contributed by atoms with Crippen LogP contribution in [-0.4, -0.2) is 44.7 Å². The van der Waals surface area contributed by atoms with E-state index in [1.165, 1.54) is 0 Å². The van der Waals surface area contributed by atoms with E-state index >= 15 is 0 Å². The number of methoxy groups -OCH3 is 1. The Kier molecular flexibility index (Phi) is 5.79. The summed E-state index contributed by atoms with van der Waals surface area (Å²) < 4.78 is 12.6. The number of fused-ring (bicyclic) bond motifs is 1. The SMILES string of the molecule is COCCN(Cc1cc(=O)n2cc(C)ccc2n1)Cc1nnc(-c2cccs2)o1. The zero-order chi connectivity index (χ0) is 20.2. The summed E-state index contributed by atoms with van der Waals surface area (Å²) in [5.41, 5.74) is 2.22. The molecule has 0 unspecified atom stereocenters. The highest BCUT2D eigenvalue weighted by atomic mass is 32.1. The quantitative estimate of drug-likeness (QED) is 0.441. The summed E-state index contributed by atoms with van der Waals surface area (Å²) in [6.07, 6.45) is 1.79. The molecule has 0 saturated carbocycles. The van der Waals surface area contributed by atoms with Crippen LogP contribution in [0, 0.1) is 6.92 Å². The molecular weight excluding hydrogens is 390 g/mol. The molecule has 150 valence electrons. The van der Waals surface area contributed by atoms with Crippen LogP contribution in [0.4, 0.5) is 0 Å². The molecule has 0 aliphatic heterocycles. The van der Waals surface area contributed by atoms with Crippen LogP contribution in [0.25, 0.3) is 16.4 Å². The summed E-state index contributed by atoms with van der Waals surface area (Å²) in [6.45, 7) is 4.04. The first-order chi connectivity index (χ1) is 14.1. The average molecular weight is 411 g/mol. The maximum Gasteiger partial charge on any atom is 0.258 e. The second-order valence-corrected chi connectivity index (χ2v) is 7.65. The Labute approximate surface area is 171 Å². The second-order valence-electron chi connectivity index (χ2n) is 6.70. The summed E-state index contributed by atoms with van der Waals surface area (Å²) in [7, 11) is 1.66. The lowest BCUT2D eigenvalue weighted by Crippen LogP contribution is -2.28. The van der Waals surface area contributed by atoms with Crippen molar-refractivity contribution in [3.8, 4) is 10.8 Å². The fourth-order valence-corrected chi connectivity index (χ4v) is 3.66. The minimum Gasteiger partial charge on any atom is -0.419 e. The van der Waals surface area contributed by atoms with E-state index in [9.17, 15) is 4.79 Å². The van der Waals surface area contributed by atoms with Crippen LogP contribution in [0.15, 0.2) is 51.1 Å². The molecule has 4 aromatic rings. The number of rotatable bonds is 8. The predicted molar refractivity (Wildman–Crippen MR) is 110 cm³/mol. The van der Waals surface area contributed by atoms with Crippen LogP contribution in [0.3, 0.4) is 0 Å². The fourth-order valence-electron chi connectivity index (χ4n) is 3.01. The molecule has 0 aliphatic rings. The van der Waals surface area contributed by atoms with Gasteiger partial charge < -0.3 is 9.15 Å². The molecule has 0 N–H and O–H groups in total. The lowest BCUT2D eigenvalue weighted by atomic mass is 10.3. The number of nitrogens with zero attached hydrogens (tertiary/aromatic N) is 5. The molecule has 0 fully saturated rings. The molecule has 4 aromatic heterocycles. The van der Waals surface area contributed by atoms with Crippen molar-refractivity contribution < 1.29 is 9.15 Å². The van der Waals surface area contributed by atoms with Crippen LogP contribution in [0.1, 0.15) is 17.1 Å². The molecule has 29 heavy (non-hydrogen) atoms. The van der Waals surface area contributed by atoms with Gasteiger partial charge in [0.2, 0.25) is 5.89 Å². The van der Waals surface area contributed by atoms with Gasteiger partial charge in [-0.2, -0.15) is 0 Å². The number of thiophene rings is 1. The molecule has 0 atom stereocenters. The van der Waals surface area contributed by atoms with Gasteiger partial charge in [0.25, 0.3) is 11.4 Å². The zero-order valence-electron chi connectivity index (χ0n) is 16.2. The molecule has 0 saturated heterocycles. The highest BCUT2D eigenvalue weighted by Crippen LogP contribution is 2.23. The first kappa shape index (κ1) is 19.4. The van der Waals surface area contributed by atoms with Gasteiger partial charge in [0.15, 0.2) is 0 Å². The molecule has 0 radical (unpaired) electrons. The van der Waals surface area contributed by atoms with Crippen LogP contribution >= 0.6 is 11.3 Å². The Hall–Kier alpha value is -2.88. The van der Waals surface area contributed by atoms with Crippen LogP contribution in [-0.2, 0) is 17.8 Å². The number of hydrogen-bond donors (Lipinski definition) is 0. The van der Waals surface area contributed by atoms with Crippen LogP contribution in [0.2, 0.25) is 0 Å². The van der Waals surface area contributed by atoms with E-state index in [2.05, 4.69) is 20.1 Å². The predicted octanol–water partition coefficient (Wildman–Crippen LogP) is 2.76. The maximum atomic E-state index is 12.5. The van der Waals surface area contributed by atoms with Gasteiger partial charge >= 0.3 is 0 Å². The summed E-state index contributed by atoms with van der Waals surface area (Å²) >= 11 is 1.55. The third-order valence-corrected chi connectivity index (χ3v) is 5.27. The number of pyridine rings is 1. The molecule has 0 aromatic carbocycles. The lowest BCUT2D eigenvalue weighted by molar-refractivity contribution is 0.133. The van der Waals surface area contributed by atoms with Crippen molar-refractivity contribution in [2.24, 2.45) is 0 Å². The standard InChI is InChI=1S/C20H21N5O3S/c1-14-5-6-17-21-15(10-19(26)25(17)11-14)12-24(7-8-27-2)13-18-22-23-20(28-18)16-4-3-9-29-16/h3-6,9-11H,7-8,12-13H2,1-2H3. The highest BCUT2D eigenvalue weighted by Gasteiger charge is 2.15. The number of hydrogen-bond acceptors (Lipinski definition) is 8. The van der Waals surface area contributed by atoms with Gasteiger partial charge in [-0.15, -0.1) is 21.5 Å². The van der Waals surface area contributed by atoms with Crippen LogP contribution in [0.5, 0.6) is 0 Å². The van der Waals surface area contributed by atoms with Gasteiger partial charge in [0.05, 0.1) is 23.7 Å². The van der Waals surface area contributed by atoms with Crippen molar-refractivity contribution in [1.82, 2.24) is 24.5 Å². The van der Waals surface area contributed by atoms with E-state index in [4.69, 9.17) is 9.15 Å². The van der Waals surface area contributed by atoms with Gasteiger partial charge in [0, 0.05) is 32.5 Å². The Morgan fingerprint density at radius 3 is 2.93 bits per heavy atom. The van der Waals surface area contributed by atoms with Crippen molar-refractivity contribution in [2.45, 2.75) is 20.0 Å². The third kappa shape index (κ3) is 4.58. The van der Waals surface area contributed by atoms with Gasteiger partial charge in [-0.25, -0.2) is 4.98 Å². The minimum absolute atomic E-state index is 0.0989. The second kappa shape index (κ2) is 8.64. The summed E-state index contributed by atoms with van der Waals surface area (Å²) in [5, 5.41) is 10.3. The molecule has 4 rings (SSSR count). The van der Waals surface area contributed by atoms with Gasteiger partial charge in [-0.05, 0) is 30.0 Å². The van der Waals surface area contributed by atoms with E-state index in [1.807, 2.05) is 36.6 Å². The molecule has 4 heterocycles. The van der Waals surface area contributed by atoms with E-state index < -0.39 is 0 Å². The van der Waals surface area contributed by atoms with E-state index in [-0.39, 0.29) is 5.56 Å². The van der Waals surface area contributed by atoms with E-state index in [1.54, 1.807) is 35.1 Å². The van der Waals surface area contributed by atoms with Crippen molar-refractivity contribution in [2.75, 3.05) is 20.3 Å². The Morgan fingerprint density at radius 2 is 2.14 bits per heavy atom. The summed E-state index contributed by atoms with van der Waals surface area (Å²) in [5.74, 6) is 1.02. The molecule has 8 nitrogen and oxygen atoms in total. The van der Waals surface area contributed by atoms with Gasteiger partial charge in [-0.1, -0.05) is 12.1 Å². The number of ether oxygens (including phenoxy) is 1. The average Bonchev–Trinajstić information content (AvgIpc) is 3.38. The summed E-state index contributed by atoms with van der Waals surface area (Å²) in [4.78, 5) is 20.1. The highest BCUT2D eigenvalue weighted by molar-refractivity contribution is 7.13. The van der Waals surface area contributed by atoms with Gasteiger partial charge in [0.1, 0.15) is 5.65 Å². The number of aromatic nitrogens is 4. The molecule has 0 bridgehead atoms. The third-order valence-electron chi connectivity index (χ3n) is 4.42. The molecule has 0 amide bonds. The molecule has 9 heteroatoms. The zero-order valence-corrected chi connectivity index (χ0v) is 17.1. The van der Waals surface area contributed by atoms with Crippen molar-refractivity contribution in [1.29, 1.82) is 0 Å². The topological polar surface area (TPSA) is 85.8 Å². The Bertz CT molecular complexity index is 1150. The number of aryl methyl sites for hydroxylation is 1. The smallest absolute Gasteiger partial charge is 0.258 e. The maximum absolute atomic E-state index is 12.5.